The van der Waals surface area contributed by atoms with Gasteiger partial charge in [-0.25, -0.2) is 0 Å². The average Bonchev–Trinajstić information content (AvgIpc) is 2.46. The van der Waals surface area contributed by atoms with Crippen LogP contribution in [-0.4, -0.2) is 32.9 Å². The number of fused-ring (bicyclic) bond motifs is 1. The first-order valence-corrected chi connectivity index (χ1v) is 6.91. The summed E-state index contributed by atoms with van der Waals surface area (Å²) in [7, 11) is 3.37. The van der Waals surface area contributed by atoms with Crippen molar-refractivity contribution in [3.05, 3.63) is 17.7 Å². The molecule has 0 bridgehead atoms. The standard InChI is InChI=1S/C15H21NO3/c1-17-11-9-13(18-2)12-3-4-15(19-14(12)10-11)5-7-16-8-6-15/h9-10,16H,3-8H2,1-2H3. The number of hydrogen-bond donors (Lipinski definition) is 1. The minimum Gasteiger partial charge on any atom is -0.496 e. The molecule has 2 heterocycles. The van der Waals surface area contributed by atoms with Crippen molar-refractivity contribution in [1.29, 1.82) is 0 Å². The lowest BCUT2D eigenvalue weighted by Gasteiger charge is -2.42. The lowest BCUT2D eigenvalue weighted by Crippen LogP contribution is -2.48. The summed E-state index contributed by atoms with van der Waals surface area (Å²) in [5, 5.41) is 3.40. The maximum absolute atomic E-state index is 6.35. The Morgan fingerprint density at radius 3 is 2.58 bits per heavy atom. The Balaban J connectivity index is 1.94. The van der Waals surface area contributed by atoms with E-state index in [2.05, 4.69) is 5.32 Å². The number of nitrogens with one attached hydrogen (secondary N) is 1. The van der Waals surface area contributed by atoms with E-state index in [1.165, 1.54) is 5.56 Å². The second-order valence-electron chi connectivity index (χ2n) is 5.34. The van der Waals surface area contributed by atoms with Gasteiger partial charge in [0.1, 0.15) is 22.8 Å². The fourth-order valence-corrected chi connectivity index (χ4v) is 3.10. The normalized spacial score (nSPS) is 20.5. The van der Waals surface area contributed by atoms with Crippen LogP contribution in [0, 0.1) is 0 Å². The van der Waals surface area contributed by atoms with Crippen LogP contribution in [0.1, 0.15) is 24.8 Å². The Kier molecular flexibility index (Phi) is 3.27. The smallest absolute Gasteiger partial charge is 0.130 e. The Bertz CT molecular complexity index is 467. The lowest BCUT2D eigenvalue weighted by molar-refractivity contribution is 0.0162. The third-order valence-corrected chi connectivity index (χ3v) is 4.27. The Morgan fingerprint density at radius 1 is 1.11 bits per heavy atom. The van der Waals surface area contributed by atoms with E-state index in [4.69, 9.17) is 14.2 Å². The van der Waals surface area contributed by atoms with Crippen molar-refractivity contribution in [2.24, 2.45) is 0 Å². The summed E-state index contributed by atoms with van der Waals surface area (Å²) in [5.74, 6) is 2.60. The molecule has 0 saturated carbocycles. The third-order valence-electron chi connectivity index (χ3n) is 4.27. The van der Waals surface area contributed by atoms with Crippen LogP contribution in [0.3, 0.4) is 0 Å². The van der Waals surface area contributed by atoms with Gasteiger partial charge in [0.15, 0.2) is 0 Å². The molecule has 1 saturated heterocycles. The highest BCUT2D eigenvalue weighted by Crippen LogP contribution is 2.44. The van der Waals surface area contributed by atoms with E-state index in [0.29, 0.717) is 0 Å². The third kappa shape index (κ3) is 2.25. The van der Waals surface area contributed by atoms with Gasteiger partial charge in [-0.3, -0.25) is 0 Å². The summed E-state index contributed by atoms with van der Waals surface area (Å²) >= 11 is 0. The summed E-state index contributed by atoms with van der Waals surface area (Å²) in [5.41, 5.74) is 1.18. The molecule has 1 N–H and O–H groups in total. The molecule has 0 aliphatic carbocycles. The molecule has 0 amide bonds. The van der Waals surface area contributed by atoms with Crippen molar-refractivity contribution in [3.63, 3.8) is 0 Å². The molecule has 0 atom stereocenters. The van der Waals surface area contributed by atoms with Gasteiger partial charge in [0.05, 0.1) is 14.2 Å². The highest BCUT2D eigenvalue weighted by Gasteiger charge is 2.38. The predicted octanol–water partition coefficient (Wildman–Crippen LogP) is 2.15. The van der Waals surface area contributed by atoms with E-state index in [-0.39, 0.29) is 5.60 Å². The number of hydrogen-bond acceptors (Lipinski definition) is 4. The molecule has 0 radical (unpaired) electrons. The fraction of sp³-hybridized carbons (Fsp3) is 0.600. The van der Waals surface area contributed by atoms with E-state index in [9.17, 15) is 0 Å². The van der Waals surface area contributed by atoms with Crippen molar-refractivity contribution >= 4 is 0 Å². The average molecular weight is 263 g/mol. The van der Waals surface area contributed by atoms with Crippen LogP contribution in [0.25, 0.3) is 0 Å². The second kappa shape index (κ2) is 4.93. The van der Waals surface area contributed by atoms with E-state index in [1.54, 1.807) is 14.2 Å². The summed E-state index contributed by atoms with van der Waals surface area (Å²) in [6.45, 7) is 2.08. The van der Waals surface area contributed by atoms with E-state index in [0.717, 1.165) is 56.0 Å². The first-order chi connectivity index (χ1) is 9.26. The van der Waals surface area contributed by atoms with E-state index < -0.39 is 0 Å². The molecular formula is C15H21NO3. The summed E-state index contributed by atoms with van der Waals surface area (Å²) in [6.07, 6.45) is 4.24. The van der Waals surface area contributed by atoms with Gasteiger partial charge in [-0.15, -0.1) is 0 Å². The quantitative estimate of drug-likeness (QED) is 0.887. The number of ether oxygens (including phenoxy) is 3. The van der Waals surface area contributed by atoms with Crippen molar-refractivity contribution in [1.82, 2.24) is 5.32 Å². The van der Waals surface area contributed by atoms with Gasteiger partial charge in [-0.2, -0.15) is 0 Å². The van der Waals surface area contributed by atoms with Gasteiger partial charge in [0.25, 0.3) is 0 Å². The van der Waals surface area contributed by atoms with Crippen LogP contribution in [0.2, 0.25) is 0 Å². The first kappa shape index (κ1) is 12.6. The molecule has 2 aliphatic rings. The van der Waals surface area contributed by atoms with Crippen LogP contribution in [-0.2, 0) is 6.42 Å². The van der Waals surface area contributed by atoms with Crippen LogP contribution >= 0.6 is 0 Å². The summed E-state index contributed by atoms with van der Waals surface area (Å²) in [6, 6.07) is 3.92. The zero-order chi connectivity index (χ0) is 13.3. The van der Waals surface area contributed by atoms with E-state index in [1.807, 2.05) is 12.1 Å². The van der Waals surface area contributed by atoms with Gasteiger partial charge >= 0.3 is 0 Å². The number of rotatable bonds is 2. The second-order valence-corrected chi connectivity index (χ2v) is 5.34. The fourth-order valence-electron chi connectivity index (χ4n) is 3.10. The van der Waals surface area contributed by atoms with Crippen molar-refractivity contribution in [3.8, 4) is 17.2 Å². The van der Waals surface area contributed by atoms with Crippen molar-refractivity contribution in [2.45, 2.75) is 31.3 Å². The van der Waals surface area contributed by atoms with Crippen LogP contribution < -0.4 is 19.5 Å². The molecule has 4 heteroatoms. The molecule has 4 nitrogen and oxygen atoms in total. The molecule has 1 aromatic carbocycles. The molecule has 3 rings (SSSR count). The number of benzene rings is 1. The van der Waals surface area contributed by atoms with Crippen molar-refractivity contribution in [2.75, 3.05) is 27.3 Å². The van der Waals surface area contributed by atoms with Gasteiger partial charge in [0, 0.05) is 17.7 Å². The highest BCUT2D eigenvalue weighted by atomic mass is 16.5. The van der Waals surface area contributed by atoms with Crippen LogP contribution in [0.4, 0.5) is 0 Å². The number of methoxy groups -OCH3 is 2. The summed E-state index contributed by atoms with van der Waals surface area (Å²) < 4.78 is 17.1. The molecule has 19 heavy (non-hydrogen) atoms. The Labute approximate surface area is 114 Å². The molecule has 104 valence electrons. The predicted molar refractivity (Wildman–Crippen MR) is 73.3 cm³/mol. The topological polar surface area (TPSA) is 39.7 Å². The molecule has 0 aromatic heterocycles. The number of piperidine rings is 1. The molecule has 1 fully saturated rings. The SMILES string of the molecule is COc1cc(OC)c2c(c1)OC1(CCNCC1)CC2. The Morgan fingerprint density at radius 2 is 1.89 bits per heavy atom. The van der Waals surface area contributed by atoms with Crippen molar-refractivity contribution < 1.29 is 14.2 Å². The Hall–Kier alpha value is -1.42. The van der Waals surface area contributed by atoms with Gasteiger partial charge in [0.2, 0.25) is 0 Å². The minimum atomic E-state index is 0.00955. The van der Waals surface area contributed by atoms with Gasteiger partial charge in [-0.05, 0) is 38.8 Å². The highest BCUT2D eigenvalue weighted by molar-refractivity contribution is 5.52. The van der Waals surface area contributed by atoms with Gasteiger partial charge in [-0.1, -0.05) is 0 Å². The zero-order valence-corrected chi connectivity index (χ0v) is 11.6. The maximum atomic E-state index is 6.35. The molecule has 1 spiro atoms. The van der Waals surface area contributed by atoms with Crippen LogP contribution in [0.15, 0.2) is 12.1 Å². The molecule has 1 aromatic rings. The van der Waals surface area contributed by atoms with E-state index >= 15 is 0 Å². The first-order valence-electron chi connectivity index (χ1n) is 6.91. The minimum absolute atomic E-state index is 0.00955. The largest absolute Gasteiger partial charge is 0.496 e. The summed E-state index contributed by atoms with van der Waals surface area (Å²) in [4.78, 5) is 0. The monoisotopic (exact) mass is 263 g/mol. The molecule has 0 unspecified atom stereocenters. The zero-order valence-electron chi connectivity index (χ0n) is 11.6. The molecule has 2 aliphatic heterocycles. The molecular weight excluding hydrogens is 242 g/mol. The lowest BCUT2D eigenvalue weighted by atomic mass is 9.83. The van der Waals surface area contributed by atoms with Crippen LogP contribution in [0.5, 0.6) is 17.2 Å². The maximum Gasteiger partial charge on any atom is 0.130 e. The van der Waals surface area contributed by atoms with Gasteiger partial charge < -0.3 is 19.5 Å².